The van der Waals surface area contributed by atoms with Gasteiger partial charge in [0.15, 0.2) is 5.66 Å². The Bertz CT molecular complexity index is 364. The molecule has 0 radical (unpaired) electrons. The summed E-state index contributed by atoms with van der Waals surface area (Å²) in [5.41, 5.74) is -1.34. The Morgan fingerprint density at radius 3 is 1.70 bits per heavy atom. The second-order valence-corrected chi connectivity index (χ2v) is 6.79. The molecule has 0 aliphatic rings. The Morgan fingerprint density at radius 1 is 0.950 bits per heavy atom. The third kappa shape index (κ3) is 6.03. The lowest BCUT2D eigenvalue weighted by atomic mass is 10.3. The summed E-state index contributed by atoms with van der Waals surface area (Å²) < 4.78 is 32.5. The van der Waals surface area contributed by atoms with Gasteiger partial charge in [-0.2, -0.15) is 0 Å². The van der Waals surface area contributed by atoms with Crippen molar-refractivity contribution in [1.29, 1.82) is 0 Å². The summed E-state index contributed by atoms with van der Waals surface area (Å²) in [6.07, 6.45) is -1.31. The summed E-state index contributed by atoms with van der Waals surface area (Å²) in [4.78, 5) is 23.2. The van der Waals surface area contributed by atoms with Crippen molar-refractivity contribution in [2.24, 2.45) is 0 Å². The number of hydrogen-bond acceptors (Lipinski definition) is 7. The van der Waals surface area contributed by atoms with Crippen LogP contribution < -0.4 is 0 Å². The highest BCUT2D eigenvalue weighted by Gasteiger charge is 2.45. The van der Waals surface area contributed by atoms with Crippen molar-refractivity contribution in [3.63, 3.8) is 0 Å². The smallest absolute Gasteiger partial charge is 0.345 e. The average molecular weight is 310 g/mol. The lowest BCUT2D eigenvalue weighted by Gasteiger charge is -2.27. The molecule has 0 spiro atoms. The molecule has 0 aliphatic carbocycles. The van der Waals surface area contributed by atoms with Gasteiger partial charge < -0.3 is 18.5 Å². The first-order valence-electron chi connectivity index (χ1n) is 6.27. The van der Waals surface area contributed by atoms with Gasteiger partial charge in [-0.05, 0) is 27.7 Å². The van der Waals surface area contributed by atoms with E-state index in [1.807, 2.05) is 0 Å². The molecule has 0 saturated carbocycles. The Morgan fingerprint density at radius 2 is 1.40 bits per heavy atom. The number of methoxy groups -OCH3 is 2. The molecule has 7 nitrogen and oxygen atoms in total. The number of hydrogen-bond donors (Lipinski definition) is 0. The van der Waals surface area contributed by atoms with Gasteiger partial charge in [0.25, 0.3) is 0 Å². The maximum atomic E-state index is 12.8. The van der Waals surface area contributed by atoms with E-state index in [0.29, 0.717) is 0 Å². The van der Waals surface area contributed by atoms with Crippen molar-refractivity contribution in [2.45, 2.75) is 52.0 Å². The number of carbonyl (C=O) groups excluding carboxylic acids is 2. The van der Waals surface area contributed by atoms with Crippen molar-refractivity contribution in [2.75, 3.05) is 14.2 Å². The van der Waals surface area contributed by atoms with E-state index in [9.17, 15) is 14.2 Å². The molecule has 0 fully saturated rings. The van der Waals surface area contributed by atoms with Gasteiger partial charge in [-0.3, -0.25) is 14.2 Å². The molecule has 1 atom stereocenters. The average Bonchev–Trinajstić information content (AvgIpc) is 2.32. The summed E-state index contributed by atoms with van der Waals surface area (Å²) in [6, 6.07) is 0. The second-order valence-electron chi connectivity index (χ2n) is 4.67. The van der Waals surface area contributed by atoms with Gasteiger partial charge in [-0.25, -0.2) is 0 Å². The fraction of sp³-hybridized carbons (Fsp3) is 0.833. The van der Waals surface area contributed by atoms with Gasteiger partial charge in [-0.15, -0.1) is 0 Å². The highest BCUT2D eigenvalue weighted by Crippen LogP contribution is 2.56. The molecule has 0 aromatic heterocycles. The van der Waals surface area contributed by atoms with Gasteiger partial charge >= 0.3 is 19.5 Å². The van der Waals surface area contributed by atoms with Gasteiger partial charge in [0.05, 0.1) is 32.8 Å². The van der Waals surface area contributed by atoms with Crippen molar-refractivity contribution in [1.82, 2.24) is 0 Å². The van der Waals surface area contributed by atoms with Crippen molar-refractivity contribution in [3.05, 3.63) is 0 Å². The monoisotopic (exact) mass is 310 g/mol. The van der Waals surface area contributed by atoms with Crippen LogP contribution in [0.4, 0.5) is 0 Å². The van der Waals surface area contributed by atoms with Crippen LogP contribution in [0.5, 0.6) is 0 Å². The van der Waals surface area contributed by atoms with Crippen LogP contribution >= 0.6 is 7.60 Å². The zero-order valence-corrected chi connectivity index (χ0v) is 13.6. The standard InChI is InChI=1S/C12H23O7P/c1-8(2)18-20(15,19-9(3)4)10(12(14)17-6)7-11(13)16-5/h8-10H,7H2,1-6H3. The van der Waals surface area contributed by atoms with Crippen LogP contribution in [-0.4, -0.2) is 44.0 Å². The van der Waals surface area contributed by atoms with Crippen molar-refractivity contribution < 1.29 is 32.7 Å². The molecule has 0 rings (SSSR count). The summed E-state index contributed by atoms with van der Waals surface area (Å²) in [7, 11) is -1.54. The van der Waals surface area contributed by atoms with E-state index in [0.717, 1.165) is 7.11 Å². The molecule has 0 aliphatic heterocycles. The summed E-state index contributed by atoms with van der Waals surface area (Å²) >= 11 is 0. The molecule has 0 amide bonds. The zero-order chi connectivity index (χ0) is 15.9. The molecule has 0 saturated heterocycles. The summed E-state index contributed by atoms with van der Waals surface area (Å²) in [5, 5.41) is 0. The summed E-state index contributed by atoms with van der Waals surface area (Å²) in [6.45, 7) is 6.62. The van der Waals surface area contributed by atoms with E-state index >= 15 is 0 Å². The van der Waals surface area contributed by atoms with Gasteiger partial charge in [-0.1, -0.05) is 0 Å². The Kier molecular flexibility index (Phi) is 8.01. The predicted octanol–water partition coefficient (Wildman–Crippen LogP) is 2.13. The molecule has 118 valence electrons. The Hall–Kier alpha value is -0.910. The first-order valence-corrected chi connectivity index (χ1v) is 7.88. The topological polar surface area (TPSA) is 88.1 Å². The highest BCUT2D eigenvalue weighted by atomic mass is 31.2. The molecule has 0 bridgehead atoms. The van der Waals surface area contributed by atoms with Crippen LogP contribution in [0.2, 0.25) is 0 Å². The van der Waals surface area contributed by atoms with Gasteiger partial charge in [0.2, 0.25) is 0 Å². The van der Waals surface area contributed by atoms with Crippen LogP contribution in [0.15, 0.2) is 0 Å². The number of ether oxygens (including phenoxy) is 2. The maximum Gasteiger partial charge on any atom is 0.345 e. The molecular formula is C12H23O7P. The zero-order valence-electron chi connectivity index (χ0n) is 12.7. The van der Waals surface area contributed by atoms with Gasteiger partial charge in [0, 0.05) is 0 Å². The summed E-state index contributed by atoms with van der Waals surface area (Å²) in [5.74, 6) is -1.53. The molecule has 20 heavy (non-hydrogen) atoms. The molecule has 8 heteroatoms. The molecule has 0 heterocycles. The number of carbonyl (C=O) groups is 2. The van der Waals surface area contributed by atoms with Crippen LogP contribution in [0, 0.1) is 0 Å². The lowest BCUT2D eigenvalue weighted by Crippen LogP contribution is -2.30. The Labute approximate surface area is 119 Å². The van der Waals surface area contributed by atoms with Crippen LogP contribution in [0.3, 0.4) is 0 Å². The van der Waals surface area contributed by atoms with Crippen LogP contribution in [0.1, 0.15) is 34.1 Å². The maximum absolute atomic E-state index is 12.8. The van der Waals surface area contributed by atoms with Crippen LogP contribution in [-0.2, 0) is 32.7 Å². The highest BCUT2D eigenvalue weighted by molar-refractivity contribution is 7.55. The molecule has 0 aromatic rings. The van der Waals surface area contributed by atoms with E-state index in [2.05, 4.69) is 9.47 Å². The molecule has 0 aromatic carbocycles. The fourth-order valence-electron chi connectivity index (χ4n) is 1.46. The predicted molar refractivity (Wildman–Crippen MR) is 72.5 cm³/mol. The normalized spacial score (nSPS) is 13.4. The first-order chi connectivity index (χ1) is 9.16. The lowest BCUT2D eigenvalue weighted by molar-refractivity contribution is -0.147. The minimum absolute atomic E-state index is 0.431. The molecular weight excluding hydrogens is 287 g/mol. The minimum atomic E-state index is -3.86. The fourth-order valence-corrected chi connectivity index (χ4v) is 3.72. The first kappa shape index (κ1) is 19.1. The molecule has 0 N–H and O–H groups in total. The van der Waals surface area contributed by atoms with E-state index in [-0.39, 0.29) is 0 Å². The third-order valence-electron chi connectivity index (χ3n) is 2.16. The van der Waals surface area contributed by atoms with Crippen molar-refractivity contribution in [3.8, 4) is 0 Å². The molecule has 1 unspecified atom stereocenters. The number of esters is 2. The SMILES string of the molecule is COC(=O)CC(C(=O)OC)P(=O)(OC(C)C)OC(C)C. The second kappa shape index (κ2) is 8.39. The Balaban J connectivity index is 5.43. The largest absolute Gasteiger partial charge is 0.469 e. The quantitative estimate of drug-likeness (QED) is 0.501. The van der Waals surface area contributed by atoms with E-state index < -0.39 is 43.8 Å². The number of rotatable bonds is 8. The van der Waals surface area contributed by atoms with E-state index in [1.165, 1.54) is 7.11 Å². The van der Waals surface area contributed by atoms with E-state index in [1.54, 1.807) is 27.7 Å². The van der Waals surface area contributed by atoms with E-state index in [4.69, 9.17) is 9.05 Å². The van der Waals surface area contributed by atoms with Gasteiger partial charge in [0.1, 0.15) is 0 Å². The van der Waals surface area contributed by atoms with Crippen LogP contribution in [0.25, 0.3) is 0 Å². The minimum Gasteiger partial charge on any atom is -0.469 e. The van der Waals surface area contributed by atoms with Crippen molar-refractivity contribution >= 4 is 19.5 Å². The third-order valence-corrected chi connectivity index (χ3v) is 4.75.